The van der Waals surface area contributed by atoms with Gasteiger partial charge in [0, 0.05) is 13.5 Å². The highest BCUT2D eigenvalue weighted by Gasteiger charge is 2.36. The van der Waals surface area contributed by atoms with Crippen LogP contribution in [0, 0.1) is 11.8 Å². The first kappa shape index (κ1) is 35.1. The molecule has 1 N–H and O–H groups in total. The number of esters is 1. The van der Waals surface area contributed by atoms with Crippen LogP contribution in [0.25, 0.3) is 0 Å². The molecule has 0 aliphatic heterocycles. The molecule has 0 saturated heterocycles. The molecule has 0 spiro atoms. The summed E-state index contributed by atoms with van der Waals surface area (Å²) in [6.45, 7) is 16.0. The Hall–Kier alpha value is -0.913. The molecule has 0 aromatic carbocycles. The monoisotopic (exact) mass is 550 g/mol. The first-order valence-corrected chi connectivity index (χ1v) is 18.7. The van der Waals surface area contributed by atoms with Gasteiger partial charge in [-0.3, -0.25) is 4.79 Å². The second-order valence-electron chi connectivity index (χ2n) is 13.1. The third-order valence-corrected chi connectivity index (χ3v) is 13.3. The average Bonchev–Trinajstić information content (AvgIpc) is 3.08. The Labute approximate surface area is 237 Å². The largest absolute Gasteiger partial charge is 0.458 e. The van der Waals surface area contributed by atoms with E-state index in [0.29, 0.717) is 11.8 Å². The summed E-state index contributed by atoms with van der Waals surface area (Å²) in [6.07, 6.45) is 25.3. The predicted octanol–water partition coefficient (Wildman–Crippen LogP) is 9.53. The van der Waals surface area contributed by atoms with Crippen LogP contribution in [0.15, 0.2) is 24.3 Å². The van der Waals surface area contributed by atoms with Crippen molar-refractivity contribution in [1.82, 2.24) is 0 Å². The van der Waals surface area contributed by atoms with Gasteiger partial charge in [0.05, 0.1) is 6.10 Å². The van der Waals surface area contributed by atoms with Gasteiger partial charge in [-0.15, -0.1) is 0 Å². The zero-order valence-corrected chi connectivity index (χ0v) is 27.1. The van der Waals surface area contributed by atoms with E-state index >= 15 is 0 Å². The minimum absolute atomic E-state index is 0.146. The van der Waals surface area contributed by atoms with Crippen LogP contribution < -0.4 is 0 Å². The molecule has 0 aromatic heterocycles. The minimum atomic E-state index is -1.69. The van der Waals surface area contributed by atoms with Crippen molar-refractivity contribution in [2.75, 3.05) is 6.61 Å². The summed E-state index contributed by atoms with van der Waals surface area (Å²) >= 11 is 0. The first-order valence-electron chi connectivity index (χ1n) is 15.8. The van der Waals surface area contributed by atoms with Crippen molar-refractivity contribution in [3.05, 3.63) is 24.3 Å². The van der Waals surface area contributed by atoms with Gasteiger partial charge >= 0.3 is 5.97 Å². The third-order valence-electron chi connectivity index (χ3n) is 8.74. The lowest BCUT2D eigenvalue weighted by atomic mass is 9.81. The van der Waals surface area contributed by atoms with Crippen molar-refractivity contribution < 1.29 is 19.1 Å². The summed E-state index contributed by atoms with van der Waals surface area (Å²) in [5.41, 5.74) is 0. The number of hydrogen-bond donors (Lipinski definition) is 1. The van der Waals surface area contributed by atoms with Gasteiger partial charge in [0.1, 0.15) is 6.10 Å². The summed E-state index contributed by atoms with van der Waals surface area (Å²) in [4.78, 5) is 11.6. The molecule has 0 bridgehead atoms. The Balaban J connectivity index is 2.57. The molecule has 2 unspecified atom stereocenters. The number of hydrogen-bond acceptors (Lipinski definition) is 4. The highest BCUT2D eigenvalue weighted by atomic mass is 28.4. The number of aliphatic hydroxyl groups excluding tert-OH is 1. The molecule has 1 fully saturated rings. The Morgan fingerprint density at radius 1 is 0.947 bits per heavy atom. The van der Waals surface area contributed by atoms with E-state index in [-0.39, 0.29) is 23.2 Å². The quantitative estimate of drug-likeness (QED) is 0.0607. The number of unbranched alkanes of at least 4 members (excludes halogenated alkanes) is 6. The normalized spacial score (nSPS) is 21.1. The van der Waals surface area contributed by atoms with Crippen molar-refractivity contribution in [2.45, 2.75) is 161 Å². The SMILES string of the molecule is CCCCCCCCC(/C=C/C=C/[C@H]1CCCCC[C@H]1C(O)CCCCO[Si](C)(C)C(C)(C)C)OC(C)=O. The summed E-state index contributed by atoms with van der Waals surface area (Å²) in [5.74, 6) is 0.526. The fourth-order valence-corrected chi connectivity index (χ4v) is 6.31. The second kappa shape index (κ2) is 19.2. The van der Waals surface area contributed by atoms with E-state index < -0.39 is 8.32 Å². The van der Waals surface area contributed by atoms with E-state index in [1.54, 1.807) is 0 Å². The molecule has 0 aromatic rings. The lowest BCUT2D eigenvalue weighted by Gasteiger charge is -2.36. The minimum Gasteiger partial charge on any atom is -0.458 e. The van der Waals surface area contributed by atoms with Crippen LogP contribution in [0.2, 0.25) is 18.1 Å². The lowest BCUT2D eigenvalue weighted by molar-refractivity contribution is -0.144. The van der Waals surface area contributed by atoms with E-state index in [4.69, 9.17) is 9.16 Å². The van der Waals surface area contributed by atoms with Crippen LogP contribution in [0.1, 0.15) is 131 Å². The zero-order valence-electron chi connectivity index (χ0n) is 26.1. The van der Waals surface area contributed by atoms with Gasteiger partial charge < -0.3 is 14.3 Å². The Kier molecular flexibility index (Phi) is 17.8. The Morgan fingerprint density at radius 3 is 2.29 bits per heavy atom. The maximum atomic E-state index is 11.6. The van der Waals surface area contributed by atoms with Crippen molar-refractivity contribution in [2.24, 2.45) is 11.8 Å². The van der Waals surface area contributed by atoms with Crippen molar-refractivity contribution in [1.29, 1.82) is 0 Å². The highest BCUT2D eigenvalue weighted by molar-refractivity contribution is 6.74. The van der Waals surface area contributed by atoms with Crippen molar-refractivity contribution >= 4 is 14.3 Å². The summed E-state index contributed by atoms with van der Waals surface area (Å²) < 4.78 is 11.9. The smallest absolute Gasteiger partial charge is 0.303 e. The third kappa shape index (κ3) is 15.0. The van der Waals surface area contributed by atoms with Crippen LogP contribution >= 0.6 is 0 Å². The van der Waals surface area contributed by atoms with Gasteiger partial charge in [0.25, 0.3) is 0 Å². The molecule has 0 radical (unpaired) electrons. The maximum Gasteiger partial charge on any atom is 0.303 e. The van der Waals surface area contributed by atoms with Crippen molar-refractivity contribution in [3.63, 3.8) is 0 Å². The molecule has 1 saturated carbocycles. The number of ether oxygens (including phenoxy) is 1. The molecule has 1 rings (SSSR count). The van der Waals surface area contributed by atoms with E-state index in [9.17, 15) is 9.90 Å². The molecule has 1 aliphatic rings. The van der Waals surface area contributed by atoms with Crippen LogP contribution in [0.3, 0.4) is 0 Å². The van der Waals surface area contributed by atoms with E-state index in [2.05, 4.69) is 59.0 Å². The number of rotatable bonds is 18. The molecule has 4 atom stereocenters. The maximum absolute atomic E-state index is 11.6. The number of aliphatic hydroxyl groups is 1. The molecule has 222 valence electrons. The summed E-state index contributed by atoms with van der Waals surface area (Å²) in [7, 11) is -1.69. The molecule has 0 amide bonds. The zero-order chi connectivity index (χ0) is 28.4. The molecule has 4 nitrogen and oxygen atoms in total. The topological polar surface area (TPSA) is 55.8 Å². The first-order chi connectivity index (χ1) is 18.0. The molecule has 1 aliphatic carbocycles. The fraction of sp³-hybridized carbons (Fsp3) is 0.848. The second-order valence-corrected chi connectivity index (χ2v) is 17.9. The van der Waals surface area contributed by atoms with Gasteiger partial charge in [0.2, 0.25) is 0 Å². The average molecular weight is 551 g/mol. The highest BCUT2D eigenvalue weighted by Crippen LogP contribution is 2.37. The number of allylic oxidation sites excluding steroid dienone is 3. The molecular weight excluding hydrogens is 488 g/mol. The van der Waals surface area contributed by atoms with Crippen LogP contribution in [0.4, 0.5) is 0 Å². The summed E-state index contributed by atoms with van der Waals surface area (Å²) in [5, 5.41) is 11.4. The number of carbonyl (C=O) groups is 1. The molecule has 0 heterocycles. The molecule has 5 heteroatoms. The van der Waals surface area contributed by atoms with Crippen LogP contribution in [-0.2, 0) is 14.0 Å². The Bertz CT molecular complexity index is 679. The predicted molar refractivity (Wildman–Crippen MR) is 165 cm³/mol. The number of carbonyl (C=O) groups excluding carboxylic acids is 1. The molecule has 38 heavy (non-hydrogen) atoms. The van der Waals surface area contributed by atoms with Crippen LogP contribution in [-0.4, -0.2) is 38.2 Å². The van der Waals surface area contributed by atoms with Gasteiger partial charge in [-0.05, 0) is 81.0 Å². The fourth-order valence-electron chi connectivity index (χ4n) is 5.22. The Morgan fingerprint density at radius 2 is 1.61 bits per heavy atom. The van der Waals surface area contributed by atoms with Crippen LogP contribution in [0.5, 0.6) is 0 Å². The van der Waals surface area contributed by atoms with Gasteiger partial charge in [-0.25, -0.2) is 0 Å². The van der Waals surface area contributed by atoms with E-state index in [1.807, 2.05) is 6.08 Å². The van der Waals surface area contributed by atoms with E-state index in [0.717, 1.165) is 51.6 Å². The van der Waals surface area contributed by atoms with Crippen molar-refractivity contribution in [3.8, 4) is 0 Å². The van der Waals surface area contributed by atoms with Gasteiger partial charge in [-0.2, -0.15) is 0 Å². The van der Waals surface area contributed by atoms with Gasteiger partial charge in [-0.1, -0.05) is 97.3 Å². The summed E-state index contributed by atoms with van der Waals surface area (Å²) in [6, 6.07) is 0. The lowest BCUT2D eigenvalue weighted by Crippen LogP contribution is -2.41. The van der Waals surface area contributed by atoms with E-state index in [1.165, 1.54) is 58.3 Å². The molecular formula is C33H62O4Si. The van der Waals surface area contributed by atoms with Gasteiger partial charge in [0.15, 0.2) is 8.32 Å². The standard InChI is InChI=1S/C33H62O4Si/c1-8-9-10-11-12-15-23-30(37-28(2)34)24-18-17-22-29-21-14-13-16-25-31(29)32(35)26-19-20-27-36-38(6,7)33(3,4)5/h17-18,22,24,29-32,35H,8-16,19-21,23,25-27H2,1-7H3/b22-17+,24-18+/t29-,30?,31-,32?/m1/s1.